The second-order valence-electron chi connectivity index (χ2n) is 10.6. The third-order valence-corrected chi connectivity index (χ3v) is 6.58. The Labute approximate surface area is 257 Å². The topological polar surface area (TPSA) is 107 Å². The molecule has 232 valence electrons. The van der Waals surface area contributed by atoms with Crippen molar-refractivity contribution < 1.29 is 37.7 Å². The number of nitrogens with one attached hydrogen (secondary N) is 1. The Kier molecular flexibility index (Phi) is 12.6. The van der Waals surface area contributed by atoms with E-state index in [2.05, 4.69) is 0 Å². The number of rotatable bonds is 14. The molecule has 0 aromatic heterocycles. The van der Waals surface area contributed by atoms with Gasteiger partial charge in [-0.25, -0.2) is 4.39 Å². The smallest absolute Gasteiger partial charge is 0.305 e. The number of carbonyl (C=O) groups excluding carboxylic acids is 2. The molecule has 1 N–H and O–H groups in total. The lowest BCUT2D eigenvalue weighted by atomic mass is 9.84. The van der Waals surface area contributed by atoms with Crippen LogP contribution in [0.25, 0.3) is 0 Å². The molecule has 0 atom stereocenters. The van der Waals surface area contributed by atoms with Crippen molar-refractivity contribution in [3.8, 4) is 23.0 Å². The van der Waals surface area contributed by atoms with Crippen LogP contribution in [0.3, 0.4) is 0 Å². The van der Waals surface area contributed by atoms with Crippen LogP contribution in [0.2, 0.25) is 0 Å². The number of nitrogens with zero attached hydrogens (tertiary/aromatic N) is 1. The van der Waals surface area contributed by atoms with Gasteiger partial charge in [0.2, 0.25) is 0 Å². The van der Waals surface area contributed by atoms with Gasteiger partial charge in [0.25, 0.3) is 0 Å². The normalized spacial score (nSPS) is 12.4. The molecule has 1 aliphatic heterocycles. The SMILES string of the molecule is Br.CCOC(=O)CCCOc1cc(C(=O)CN2Cc3cc(OCC)c(OCC)c(F)c3C2=N)cc(C(C)(C)C)c1OC. The molecule has 0 bridgehead atoms. The number of carbonyl (C=O) groups is 2. The van der Waals surface area contributed by atoms with Crippen LogP contribution in [-0.4, -0.2) is 62.6 Å². The molecule has 0 saturated heterocycles. The zero-order valence-electron chi connectivity index (χ0n) is 25.5. The molecule has 0 radical (unpaired) electrons. The molecule has 0 saturated carbocycles. The van der Waals surface area contributed by atoms with E-state index in [1.807, 2.05) is 20.8 Å². The summed E-state index contributed by atoms with van der Waals surface area (Å²) in [6.07, 6.45) is 0.651. The highest BCUT2D eigenvalue weighted by Gasteiger charge is 2.34. The van der Waals surface area contributed by atoms with Crippen LogP contribution in [0.5, 0.6) is 23.0 Å². The van der Waals surface area contributed by atoms with Gasteiger partial charge in [-0.15, -0.1) is 17.0 Å². The average molecular weight is 654 g/mol. The number of Topliss-reactive ketones (excluding diaryl/α,β-unsaturated/α-hetero) is 1. The molecule has 0 fully saturated rings. The van der Waals surface area contributed by atoms with E-state index in [-0.39, 0.29) is 89.8 Å². The molecule has 0 spiro atoms. The molecule has 1 heterocycles. The molecular formula is C31H42BrFN2O7. The maximum Gasteiger partial charge on any atom is 0.305 e. The number of halogens is 2. The molecule has 1 aliphatic rings. The fraction of sp³-hybridized carbons (Fsp3) is 0.516. The summed E-state index contributed by atoms with van der Waals surface area (Å²) in [6, 6.07) is 5.08. The Bertz CT molecular complexity index is 1290. The zero-order valence-corrected chi connectivity index (χ0v) is 27.2. The number of methoxy groups -OCH3 is 1. The monoisotopic (exact) mass is 652 g/mol. The summed E-state index contributed by atoms with van der Waals surface area (Å²) in [5.74, 6) is -0.152. The van der Waals surface area contributed by atoms with E-state index in [9.17, 15) is 9.59 Å². The van der Waals surface area contributed by atoms with E-state index < -0.39 is 5.82 Å². The Morgan fingerprint density at radius 2 is 1.64 bits per heavy atom. The van der Waals surface area contributed by atoms with Crippen LogP contribution in [0.15, 0.2) is 18.2 Å². The number of ether oxygens (including phenoxy) is 5. The number of benzene rings is 2. The van der Waals surface area contributed by atoms with Crippen LogP contribution in [0.1, 0.15) is 81.4 Å². The second-order valence-corrected chi connectivity index (χ2v) is 10.6. The summed E-state index contributed by atoms with van der Waals surface area (Å²) in [5.41, 5.74) is 1.45. The van der Waals surface area contributed by atoms with Crippen molar-refractivity contribution in [2.24, 2.45) is 0 Å². The van der Waals surface area contributed by atoms with Gasteiger partial charge in [0.15, 0.2) is 34.6 Å². The van der Waals surface area contributed by atoms with Crippen LogP contribution < -0.4 is 18.9 Å². The van der Waals surface area contributed by atoms with Crippen molar-refractivity contribution in [2.75, 3.05) is 40.1 Å². The highest BCUT2D eigenvalue weighted by atomic mass is 79.9. The third kappa shape index (κ3) is 7.93. The van der Waals surface area contributed by atoms with Crippen molar-refractivity contribution in [3.63, 3.8) is 0 Å². The first-order valence-corrected chi connectivity index (χ1v) is 14.0. The van der Waals surface area contributed by atoms with Gasteiger partial charge in [-0.1, -0.05) is 20.8 Å². The molecule has 11 heteroatoms. The molecule has 3 rings (SSSR count). The fourth-order valence-electron chi connectivity index (χ4n) is 4.69. The summed E-state index contributed by atoms with van der Waals surface area (Å²) in [5, 5.41) is 8.66. The lowest BCUT2D eigenvalue weighted by Gasteiger charge is -2.25. The van der Waals surface area contributed by atoms with Gasteiger partial charge in [0.05, 0.1) is 45.6 Å². The Morgan fingerprint density at radius 1 is 0.976 bits per heavy atom. The molecule has 42 heavy (non-hydrogen) atoms. The number of esters is 1. The van der Waals surface area contributed by atoms with Crippen LogP contribution in [0.4, 0.5) is 4.39 Å². The lowest BCUT2D eigenvalue weighted by Crippen LogP contribution is -2.30. The van der Waals surface area contributed by atoms with Gasteiger partial charge in [-0.3, -0.25) is 15.0 Å². The molecule has 0 unspecified atom stereocenters. The van der Waals surface area contributed by atoms with Gasteiger partial charge < -0.3 is 28.6 Å². The molecule has 9 nitrogen and oxygen atoms in total. The number of hydrogen-bond acceptors (Lipinski definition) is 8. The van der Waals surface area contributed by atoms with Crippen molar-refractivity contribution in [2.45, 2.75) is 66.3 Å². The Morgan fingerprint density at radius 3 is 2.24 bits per heavy atom. The fourth-order valence-corrected chi connectivity index (χ4v) is 4.69. The predicted molar refractivity (Wildman–Crippen MR) is 164 cm³/mol. The first kappa shape index (κ1) is 34.9. The minimum atomic E-state index is -0.661. The molecule has 2 aromatic rings. The molecule has 0 aliphatic carbocycles. The number of ketones is 1. The Balaban J connectivity index is 0.00000616. The van der Waals surface area contributed by atoms with E-state index in [1.54, 1.807) is 46.1 Å². The first-order valence-electron chi connectivity index (χ1n) is 14.0. The third-order valence-electron chi connectivity index (χ3n) is 6.58. The first-order chi connectivity index (χ1) is 19.5. The zero-order chi connectivity index (χ0) is 30.3. The van der Waals surface area contributed by atoms with Gasteiger partial charge in [-0.2, -0.15) is 0 Å². The van der Waals surface area contributed by atoms with Crippen molar-refractivity contribution in [3.05, 3.63) is 46.3 Å². The van der Waals surface area contributed by atoms with E-state index in [0.717, 1.165) is 5.56 Å². The quantitative estimate of drug-likeness (QED) is 0.145. The van der Waals surface area contributed by atoms with Gasteiger partial charge >= 0.3 is 5.97 Å². The number of amidine groups is 1. The van der Waals surface area contributed by atoms with E-state index in [4.69, 9.17) is 29.1 Å². The summed E-state index contributed by atoms with van der Waals surface area (Å²) >= 11 is 0. The van der Waals surface area contributed by atoms with Gasteiger partial charge in [0, 0.05) is 24.1 Å². The van der Waals surface area contributed by atoms with Gasteiger partial charge in [0.1, 0.15) is 5.84 Å². The Hall–Kier alpha value is -3.34. The van der Waals surface area contributed by atoms with Crippen LogP contribution in [-0.2, 0) is 21.5 Å². The molecule has 0 amide bonds. The average Bonchev–Trinajstić information content (AvgIpc) is 3.22. The van der Waals surface area contributed by atoms with Gasteiger partial charge in [-0.05, 0) is 56.4 Å². The maximum atomic E-state index is 15.5. The van der Waals surface area contributed by atoms with E-state index >= 15 is 4.39 Å². The lowest BCUT2D eigenvalue weighted by molar-refractivity contribution is -0.143. The maximum absolute atomic E-state index is 15.5. The van der Waals surface area contributed by atoms with Crippen LogP contribution in [0, 0.1) is 11.2 Å². The van der Waals surface area contributed by atoms with Crippen molar-refractivity contribution in [1.29, 1.82) is 5.41 Å². The summed E-state index contributed by atoms with van der Waals surface area (Å²) in [4.78, 5) is 26.8. The standard InChI is InChI=1S/C31H41FN2O7.BrH/c1-8-38-24-16-20-17-34(30(33)26(20)27(32)29(24)40-10-3)18-22(35)19-14-21(31(4,5)6)28(37-7)23(15-19)41-13-11-12-25(36)39-9-2;/h14-16,33H,8-13,17-18H2,1-7H3;1H. The highest BCUT2D eigenvalue weighted by Crippen LogP contribution is 2.41. The minimum absolute atomic E-state index is 0. The molecular weight excluding hydrogens is 611 g/mol. The summed E-state index contributed by atoms with van der Waals surface area (Å²) < 4.78 is 43.2. The van der Waals surface area contributed by atoms with Crippen LogP contribution >= 0.6 is 17.0 Å². The highest BCUT2D eigenvalue weighted by molar-refractivity contribution is 8.93. The summed E-state index contributed by atoms with van der Waals surface area (Å²) in [7, 11) is 1.54. The number of fused-ring (bicyclic) bond motifs is 1. The van der Waals surface area contributed by atoms with Crippen molar-refractivity contribution >= 4 is 34.6 Å². The second kappa shape index (κ2) is 15.2. The largest absolute Gasteiger partial charge is 0.493 e. The number of hydrogen-bond donors (Lipinski definition) is 1. The van der Waals surface area contributed by atoms with E-state index in [1.165, 1.54) is 4.90 Å². The molecule has 2 aromatic carbocycles. The van der Waals surface area contributed by atoms with Crippen molar-refractivity contribution in [1.82, 2.24) is 4.90 Å². The predicted octanol–water partition coefficient (Wildman–Crippen LogP) is 6.25. The van der Waals surface area contributed by atoms with E-state index in [0.29, 0.717) is 42.3 Å². The minimum Gasteiger partial charge on any atom is -0.493 e. The summed E-state index contributed by atoms with van der Waals surface area (Å²) in [6.45, 7) is 12.5.